The van der Waals surface area contributed by atoms with E-state index in [-0.39, 0.29) is 24.1 Å². The van der Waals surface area contributed by atoms with Crippen molar-refractivity contribution in [3.63, 3.8) is 0 Å². The second-order valence-electron chi connectivity index (χ2n) is 7.44. The third-order valence-electron chi connectivity index (χ3n) is 5.12. The summed E-state index contributed by atoms with van der Waals surface area (Å²) in [5, 5.41) is 4.25. The Balaban J connectivity index is 1.91. The first-order valence-corrected chi connectivity index (χ1v) is 11.9. The van der Waals surface area contributed by atoms with Crippen LogP contribution >= 0.6 is 46.4 Å². The fraction of sp³-hybridized carbons (Fsp3) is 0.200. The van der Waals surface area contributed by atoms with E-state index in [1.807, 2.05) is 30.3 Å². The highest BCUT2D eigenvalue weighted by molar-refractivity contribution is 6.35. The lowest BCUT2D eigenvalue weighted by atomic mass is 10.0. The second kappa shape index (κ2) is 12.3. The predicted molar refractivity (Wildman–Crippen MR) is 137 cm³/mol. The Morgan fingerprint density at radius 1 is 0.912 bits per heavy atom. The molecule has 34 heavy (non-hydrogen) atoms. The van der Waals surface area contributed by atoms with Crippen molar-refractivity contribution in [2.75, 3.05) is 13.7 Å². The van der Waals surface area contributed by atoms with Crippen LogP contribution in [-0.4, -0.2) is 36.4 Å². The molecule has 0 spiro atoms. The molecule has 0 radical (unpaired) electrons. The van der Waals surface area contributed by atoms with E-state index < -0.39 is 11.9 Å². The Hall–Kier alpha value is -2.44. The molecule has 3 aromatic carbocycles. The van der Waals surface area contributed by atoms with E-state index in [0.717, 1.165) is 5.56 Å². The number of hydrogen-bond donors (Lipinski definition) is 1. The van der Waals surface area contributed by atoms with Gasteiger partial charge in [-0.3, -0.25) is 9.59 Å². The van der Waals surface area contributed by atoms with Gasteiger partial charge >= 0.3 is 0 Å². The zero-order valence-corrected chi connectivity index (χ0v) is 21.3. The lowest BCUT2D eigenvalue weighted by molar-refractivity contribution is -0.142. The highest BCUT2D eigenvalue weighted by atomic mass is 35.5. The van der Waals surface area contributed by atoms with Crippen LogP contribution in [-0.2, 0) is 22.6 Å². The molecule has 0 aromatic heterocycles. The molecule has 0 bridgehead atoms. The highest BCUT2D eigenvalue weighted by Gasteiger charge is 2.30. The van der Waals surface area contributed by atoms with Gasteiger partial charge in [0, 0.05) is 35.1 Å². The number of rotatable bonds is 9. The maximum Gasteiger partial charge on any atom is 0.261 e. The SMILES string of the molecule is CNC(=O)[C@@H](Cc1ccccc1)N(Cc1ccc(Cl)cc1Cl)C(=O)COc1ccc(Cl)cc1Cl. The number of carbonyl (C=O) groups is 2. The summed E-state index contributed by atoms with van der Waals surface area (Å²) in [7, 11) is 1.53. The first-order chi connectivity index (χ1) is 16.3. The van der Waals surface area contributed by atoms with Crippen molar-refractivity contribution in [1.29, 1.82) is 0 Å². The summed E-state index contributed by atoms with van der Waals surface area (Å²) in [6.07, 6.45) is 0.305. The summed E-state index contributed by atoms with van der Waals surface area (Å²) in [6, 6.07) is 18.4. The molecule has 0 heterocycles. The summed E-state index contributed by atoms with van der Waals surface area (Å²) < 4.78 is 5.67. The molecule has 0 saturated carbocycles. The van der Waals surface area contributed by atoms with Crippen LogP contribution in [0.2, 0.25) is 20.1 Å². The van der Waals surface area contributed by atoms with Gasteiger partial charge in [-0.1, -0.05) is 82.8 Å². The lowest BCUT2D eigenvalue weighted by Gasteiger charge is -2.31. The van der Waals surface area contributed by atoms with Gasteiger partial charge < -0.3 is 15.0 Å². The Labute approximate surface area is 218 Å². The molecule has 0 saturated heterocycles. The van der Waals surface area contributed by atoms with Gasteiger partial charge in [-0.15, -0.1) is 0 Å². The number of nitrogens with one attached hydrogen (secondary N) is 1. The minimum Gasteiger partial charge on any atom is -0.482 e. The van der Waals surface area contributed by atoms with Gasteiger partial charge in [-0.2, -0.15) is 0 Å². The minimum absolute atomic E-state index is 0.0808. The Morgan fingerprint density at radius 3 is 2.18 bits per heavy atom. The van der Waals surface area contributed by atoms with Crippen molar-refractivity contribution >= 4 is 58.2 Å². The molecule has 9 heteroatoms. The number of amides is 2. The number of carbonyl (C=O) groups excluding carboxylic acids is 2. The molecule has 178 valence electrons. The van der Waals surface area contributed by atoms with E-state index in [2.05, 4.69) is 5.32 Å². The predicted octanol–water partition coefficient (Wildman–Crippen LogP) is 6.07. The van der Waals surface area contributed by atoms with Crippen molar-refractivity contribution in [3.8, 4) is 5.75 Å². The summed E-state index contributed by atoms with van der Waals surface area (Å²) in [5.41, 5.74) is 1.55. The maximum absolute atomic E-state index is 13.4. The van der Waals surface area contributed by atoms with Gasteiger partial charge in [-0.05, 0) is 41.5 Å². The minimum atomic E-state index is -0.809. The Kier molecular flexibility index (Phi) is 9.48. The van der Waals surface area contributed by atoms with Gasteiger partial charge in [-0.25, -0.2) is 0 Å². The van der Waals surface area contributed by atoms with E-state index in [0.29, 0.717) is 32.8 Å². The van der Waals surface area contributed by atoms with E-state index in [4.69, 9.17) is 51.1 Å². The molecule has 1 N–H and O–H groups in total. The number of likely N-dealkylation sites (N-methyl/N-ethyl adjacent to an activating group) is 1. The first kappa shape index (κ1) is 26.2. The average Bonchev–Trinajstić information content (AvgIpc) is 2.82. The molecule has 0 unspecified atom stereocenters. The number of ether oxygens (including phenoxy) is 1. The van der Waals surface area contributed by atoms with E-state index in [9.17, 15) is 9.59 Å². The molecule has 0 aliphatic heterocycles. The Bertz CT molecular complexity index is 1160. The van der Waals surface area contributed by atoms with E-state index in [1.54, 1.807) is 30.3 Å². The normalized spacial score (nSPS) is 11.6. The van der Waals surface area contributed by atoms with Crippen LogP contribution in [0.1, 0.15) is 11.1 Å². The van der Waals surface area contributed by atoms with Crippen LogP contribution in [0, 0.1) is 0 Å². The zero-order chi connectivity index (χ0) is 24.7. The monoisotopic (exact) mass is 538 g/mol. The number of halogens is 4. The van der Waals surface area contributed by atoms with E-state index in [1.165, 1.54) is 18.0 Å². The largest absolute Gasteiger partial charge is 0.482 e. The standard InChI is InChI=1S/C25H22Cl4N2O3/c1-30-25(33)22(11-16-5-3-2-4-6-16)31(14-17-7-8-18(26)12-20(17)28)24(32)15-34-23-10-9-19(27)13-21(23)29/h2-10,12-13,22H,11,14-15H2,1H3,(H,30,33)/t22-/m1/s1. The van der Waals surface area contributed by atoms with Crippen molar-refractivity contribution < 1.29 is 14.3 Å². The van der Waals surface area contributed by atoms with E-state index >= 15 is 0 Å². The van der Waals surface area contributed by atoms with Crippen molar-refractivity contribution in [3.05, 3.63) is 97.9 Å². The summed E-state index contributed by atoms with van der Waals surface area (Å²) in [4.78, 5) is 27.8. The molecule has 5 nitrogen and oxygen atoms in total. The van der Waals surface area contributed by atoms with Crippen molar-refractivity contribution in [2.45, 2.75) is 19.0 Å². The molecular weight excluding hydrogens is 518 g/mol. The number of benzene rings is 3. The van der Waals surface area contributed by atoms with Crippen LogP contribution in [0.5, 0.6) is 5.75 Å². The molecule has 3 rings (SSSR count). The number of nitrogens with zero attached hydrogens (tertiary/aromatic N) is 1. The molecule has 3 aromatic rings. The maximum atomic E-state index is 13.4. The fourth-order valence-corrected chi connectivity index (χ4v) is 4.30. The summed E-state index contributed by atoms with van der Waals surface area (Å²) >= 11 is 24.5. The third kappa shape index (κ3) is 7.03. The van der Waals surface area contributed by atoms with Crippen LogP contribution in [0.4, 0.5) is 0 Å². The topological polar surface area (TPSA) is 58.6 Å². The summed E-state index contributed by atoms with van der Waals surface area (Å²) in [5.74, 6) is -0.420. The molecule has 0 fully saturated rings. The van der Waals surface area contributed by atoms with Crippen LogP contribution in [0.15, 0.2) is 66.7 Å². The first-order valence-electron chi connectivity index (χ1n) is 10.3. The quantitative estimate of drug-likeness (QED) is 0.359. The summed E-state index contributed by atoms with van der Waals surface area (Å²) in [6.45, 7) is -0.258. The molecule has 0 aliphatic carbocycles. The molecule has 1 atom stereocenters. The van der Waals surface area contributed by atoms with Gasteiger partial charge in [0.2, 0.25) is 5.91 Å². The highest BCUT2D eigenvalue weighted by Crippen LogP contribution is 2.28. The lowest BCUT2D eigenvalue weighted by Crippen LogP contribution is -2.51. The van der Waals surface area contributed by atoms with Gasteiger partial charge in [0.25, 0.3) is 5.91 Å². The van der Waals surface area contributed by atoms with Crippen molar-refractivity contribution in [1.82, 2.24) is 10.2 Å². The van der Waals surface area contributed by atoms with Crippen LogP contribution < -0.4 is 10.1 Å². The van der Waals surface area contributed by atoms with Crippen LogP contribution in [0.25, 0.3) is 0 Å². The van der Waals surface area contributed by atoms with Gasteiger partial charge in [0.05, 0.1) is 5.02 Å². The molecular formula is C25H22Cl4N2O3. The Morgan fingerprint density at radius 2 is 1.56 bits per heavy atom. The van der Waals surface area contributed by atoms with Crippen LogP contribution in [0.3, 0.4) is 0 Å². The van der Waals surface area contributed by atoms with Crippen molar-refractivity contribution in [2.24, 2.45) is 0 Å². The smallest absolute Gasteiger partial charge is 0.261 e. The third-order valence-corrected chi connectivity index (χ3v) is 6.24. The van der Waals surface area contributed by atoms with Gasteiger partial charge in [0.1, 0.15) is 11.8 Å². The average molecular weight is 540 g/mol. The molecule has 2 amide bonds. The number of hydrogen-bond acceptors (Lipinski definition) is 3. The molecule has 0 aliphatic rings. The second-order valence-corrected chi connectivity index (χ2v) is 9.13. The fourth-order valence-electron chi connectivity index (χ4n) is 3.37. The van der Waals surface area contributed by atoms with Gasteiger partial charge in [0.15, 0.2) is 6.61 Å². The zero-order valence-electron chi connectivity index (χ0n) is 18.2.